The number of aryl methyl sites for hydroxylation is 1. The van der Waals surface area contributed by atoms with Gasteiger partial charge in [0.25, 0.3) is 0 Å². The van der Waals surface area contributed by atoms with Gasteiger partial charge in [-0.25, -0.2) is 4.39 Å². The van der Waals surface area contributed by atoms with E-state index in [1.54, 1.807) is 23.0 Å². The Morgan fingerprint density at radius 1 is 1.47 bits per heavy atom. The summed E-state index contributed by atoms with van der Waals surface area (Å²) in [6.45, 7) is 1.84. The Labute approximate surface area is 119 Å². The van der Waals surface area contributed by atoms with E-state index in [2.05, 4.69) is 21.0 Å². The van der Waals surface area contributed by atoms with Gasteiger partial charge in [-0.1, -0.05) is 0 Å². The summed E-state index contributed by atoms with van der Waals surface area (Å²) in [5.41, 5.74) is 6.79. The molecule has 0 radical (unpaired) electrons. The van der Waals surface area contributed by atoms with Crippen LogP contribution in [0, 0.1) is 5.82 Å². The Balaban J connectivity index is 2.23. The van der Waals surface area contributed by atoms with Crippen molar-refractivity contribution in [2.75, 3.05) is 0 Å². The maximum Gasteiger partial charge on any atom is 0.141 e. The molecule has 0 aliphatic rings. The first-order valence-electron chi connectivity index (χ1n) is 5.83. The molecule has 0 saturated heterocycles. The first-order valence-corrected chi connectivity index (χ1v) is 6.62. The third kappa shape index (κ3) is 3.33. The number of ether oxygens (including phenoxy) is 1. The topological polar surface area (TPSA) is 53.1 Å². The summed E-state index contributed by atoms with van der Waals surface area (Å²) in [6, 6.07) is 4.39. The Morgan fingerprint density at radius 2 is 2.21 bits per heavy atom. The zero-order valence-electron chi connectivity index (χ0n) is 10.7. The fourth-order valence-corrected chi connectivity index (χ4v) is 2.01. The molecule has 102 valence electrons. The predicted octanol–water partition coefficient (Wildman–Crippen LogP) is 2.79. The van der Waals surface area contributed by atoms with Crippen LogP contribution in [-0.2, 0) is 7.05 Å². The van der Waals surface area contributed by atoms with E-state index in [-0.39, 0.29) is 18.0 Å². The molecule has 0 saturated carbocycles. The van der Waals surface area contributed by atoms with Crippen molar-refractivity contribution >= 4 is 15.9 Å². The van der Waals surface area contributed by atoms with E-state index in [0.29, 0.717) is 10.2 Å². The second-order valence-electron chi connectivity index (χ2n) is 4.42. The van der Waals surface area contributed by atoms with Crippen LogP contribution in [0.4, 0.5) is 4.39 Å². The highest BCUT2D eigenvalue weighted by Crippen LogP contribution is 2.27. The Morgan fingerprint density at radius 3 is 2.74 bits per heavy atom. The Bertz CT molecular complexity index is 571. The van der Waals surface area contributed by atoms with Crippen molar-refractivity contribution in [3.8, 4) is 5.75 Å². The number of nitrogens with two attached hydrogens (primary N) is 1. The van der Waals surface area contributed by atoms with E-state index in [4.69, 9.17) is 10.5 Å². The summed E-state index contributed by atoms with van der Waals surface area (Å²) >= 11 is 3.10. The fraction of sp³-hybridized carbons (Fsp3) is 0.308. The Hall–Kier alpha value is -1.40. The summed E-state index contributed by atoms with van der Waals surface area (Å²) in [7, 11) is 1.82. The lowest BCUT2D eigenvalue weighted by Crippen LogP contribution is -2.28. The average molecular weight is 328 g/mol. The minimum atomic E-state index is -0.368. The molecule has 0 fully saturated rings. The van der Waals surface area contributed by atoms with Crippen molar-refractivity contribution < 1.29 is 9.13 Å². The second-order valence-corrected chi connectivity index (χ2v) is 5.28. The monoisotopic (exact) mass is 327 g/mol. The van der Waals surface area contributed by atoms with Crippen LogP contribution >= 0.6 is 15.9 Å². The lowest BCUT2D eigenvalue weighted by Gasteiger charge is -2.21. The molecule has 1 aromatic heterocycles. The third-order valence-electron chi connectivity index (χ3n) is 2.69. The van der Waals surface area contributed by atoms with Crippen LogP contribution in [0.1, 0.15) is 18.6 Å². The number of aromatic nitrogens is 2. The van der Waals surface area contributed by atoms with E-state index in [9.17, 15) is 4.39 Å². The normalized spacial score (nSPS) is 14.2. The van der Waals surface area contributed by atoms with Gasteiger partial charge in [-0.15, -0.1) is 0 Å². The quantitative estimate of drug-likeness (QED) is 0.939. The van der Waals surface area contributed by atoms with Crippen molar-refractivity contribution in [3.05, 3.63) is 46.4 Å². The van der Waals surface area contributed by atoms with E-state index >= 15 is 0 Å². The highest BCUT2D eigenvalue weighted by Gasteiger charge is 2.20. The van der Waals surface area contributed by atoms with Crippen LogP contribution in [0.5, 0.6) is 5.75 Å². The Kier molecular flexibility index (Phi) is 4.21. The second kappa shape index (κ2) is 5.71. The van der Waals surface area contributed by atoms with Gasteiger partial charge < -0.3 is 10.5 Å². The third-order valence-corrected chi connectivity index (χ3v) is 3.33. The zero-order valence-corrected chi connectivity index (χ0v) is 12.3. The molecule has 2 aromatic rings. The van der Waals surface area contributed by atoms with Crippen LogP contribution in [0.2, 0.25) is 0 Å². The molecule has 1 aromatic carbocycles. The number of halogens is 2. The summed E-state index contributed by atoms with van der Waals surface area (Å²) < 4.78 is 21.3. The van der Waals surface area contributed by atoms with Crippen molar-refractivity contribution in [1.29, 1.82) is 0 Å². The average Bonchev–Trinajstić information content (AvgIpc) is 2.76. The molecule has 0 amide bonds. The number of benzene rings is 1. The molecule has 0 aliphatic carbocycles. The first kappa shape index (κ1) is 14.0. The number of hydrogen-bond donors (Lipinski definition) is 1. The maximum atomic E-state index is 13.5. The molecule has 2 rings (SSSR count). The van der Waals surface area contributed by atoms with Gasteiger partial charge in [-0.3, -0.25) is 4.68 Å². The van der Waals surface area contributed by atoms with Gasteiger partial charge in [0.15, 0.2) is 0 Å². The highest BCUT2D eigenvalue weighted by atomic mass is 79.9. The number of hydrogen-bond acceptors (Lipinski definition) is 3. The first-order chi connectivity index (χ1) is 8.97. The SMILES string of the molecule is CC(N)C(Oc1ccc(Br)c(F)c1)c1cnn(C)c1. The molecule has 2 atom stereocenters. The van der Waals surface area contributed by atoms with Crippen LogP contribution in [-0.4, -0.2) is 15.8 Å². The summed E-state index contributed by atoms with van der Waals surface area (Å²) in [4.78, 5) is 0. The van der Waals surface area contributed by atoms with Crippen LogP contribution in [0.15, 0.2) is 35.1 Å². The smallest absolute Gasteiger partial charge is 0.141 e. The van der Waals surface area contributed by atoms with E-state index in [0.717, 1.165) is 5.56 Å². The summed E-state index contributed by atoms with van der Waals surface area (Å²) in [5.74, 6) is 0.0685. The zero-order chi connectivity index (χ0) is 14.0. The van der Waals surface area contributed by atoms with Gasteiger partial charge in [0.1, 0.15) is 17.7 Å². The predicted molar refractivity (Wildman–Crippen MR) is 74.3 cm³/mol. The number of nitrogens with zero attached hydrogens (tertiary/aromatic N) is 2. The summed E-state index contributed by atoms with van der Waals surface area (Å²) in [6.07, 6.45) is 3.17. The van der Waals surface area contributed by atoms with Crippen molar-refractivity contribution in [1.82, 2.24) is 9.78 Å². The van der Waals surface area contributed by atoms with E-state index in [1.165, 1.54) is 6.07 Å². The highest BCUT2D eigenvalue weighted by molar-refractivity contribution is 9.10. The fourth-order valence-electron chi connectivity index (χ4n) is 1.76. The molecule has 1 heterocycles. The van der Waals surface area contributed by atoms with Crippen LogP contribution in [0.25, 0.3) is 0 Å². The van der Waals surface area contributed by atoms with E-state index in [1.807, 2.05) is 20.2 Å². The van der Waals surface area contributed by atoms with Crippen molar-refractivity contribution in [2.24, 2.45) is 12.8 Å². The molecule has 0 aliphatic heterocycles. The minimum Gasteiger partial charge on any atom is -0.484 e. The van der Waals surface area contributed by atoms with Crippen molar-refractivity contribution in [2.45, 2.75) is 19.1 Å². The van der Waals surface area contributed by atoms with Gasteiger partial charge in [0.2, 0.25) is 0 Å². The van der Waals surface area contributed by atoms with Crippen molar-refractivity contribution in [3.63, 3.8) is 0 Å². The molecular weight excluding hydrogens is 313 g/mol. The maximum absolute atomic E-state index is 13.5. The van der Waals surface area contributed by atoms with Gasteiger partial charge in [-0.2, -0.15) is 5.10 Å². The van der Waals surface area contributed by atoms with Gasteiger partial charge in [-0.05, 0) is 35.0 Å². The van der Waals surface area contributed by atoms with E-state index < -0.39 is 0 Å². The van der Waals surface area contributed by atoms with Gasteiger partial charge >= 0.3 is 0 Å². The standard InChI is InChI=1S/C13H15BrFN3O/c1-8(16)13(9-6-17-18(2)7-9)19-10-3-4-11(14)12(15)5-10/h3-8,13H,16H2,1-2H3. The molecule has 6 heteroatoms. The molecule has 0 spiro atoms. The minimum absolute atomic E-state index is 0.240. The molecule has 4 nitrogen and oxygen atoms in total. The van der Waals surface area contributed by atoms with Crippen LogP contribution < -0.4 is 10.5 Å². The molecule has 19 heavy (non-hydrogen) atoms. The molecular formula is C13H15BrFN3O. The lowest BCUT2D eigenvalue weighted by molar-refractivity contribution is 0.179. The van der Waals surface area contributed by atoms with Gasteiger partial charge in [0, 0.05) is 30.9 Å². The van der Waals surface area contributed by atoms with Crippen LogP contribution in [0.3, 0.4) is 0 Å². The van der Waals surface area contributed by atoms with Gasteiger partial charge in [0.05, 0.1) is 10.7 Å². The molecule has 2 N–H and O–H groups in total. The largest absolute Gasteiger partial charge is 0.484 e. The lowest BCUT2D eigenvalue weighted by atomic mass is 10.1. The molecule has 0 bridgehead atoms. The summed E-state index contributed by atoms with van der Waals surface area (Å²) in [5, 5.41) is 4.09. The molecule has 2 unspecified atom stereocenters. The number of rotatable bonds is 4.